The summed E-state index contributed by atoms with van der Waals surface area (Å²) >= 11 is 0. The lowest BCUT2D eigenvalue weighted by atomic mass is 10.2. The van der Waals surface area contributed by atoms with E-state index in [1.807, 2.05) is 6.92 Å². The first-order valence-corrected chi connectivity index (χ1v) is 7.59. The average Bonchev–Trinajstić information content (AvgIpc) is 2.93. The van der Waals surface area contributed by atoms with Crippen LogP contribution in [0.1, 0.15) is 6.92 Å². The summed E-state index contributed by atoms with van der Waals surface area (Å²) in [5.74, 6) is 0.367. The molecule has 0 bridgehead atoms. The Hall–Kier alpha value is -3.15. The normalized spacial score (nSPS) is 11.2. The van der Waals surface area contributed by atoms with Gasteiger partial charge in [-0.2, -0.15) is 0 Å². The number of pyridine rings is 1. The van der Waals surface area contributed by atoms with Crippen molar-refractivity contribution in [1.82, 2.24) is 14.8 Å². The molecule has 0 fully saturated rings. The van der Waals surface area contributed by atoms with Crippen LogP contribution in [0.25, 0.3) is 27.5 Å². The van der Waals surface area contributed by atoms with Crippen molar-refractivity contribution in [1.29, 1.82) is 0 Å². The van der Waals surface area contributed by atoms with Gasteiger partial charge in [-0.25, -0.2) is 9.07 Å². The van der Waals surface area contributed by atoms with Gasteiger partial charge >= 0.3 is 0 Å². The maximum absolute atomic E-state index is 13.6. The molecule has 2 heterocycles. The number of ether oxygens (including phenoxy) is 1. The van der Waals surface area contributed by atoms with E-state index in [-0.39, 0.29) is 11.4 Å². The molecule has 0 aliphatic carbocycles. The van der Waals surface area contributed by atoms with E-state index in [0.717, 1.165) is 5.75 Å². The number of aromatic nitrogens is 3. The minimum Gasteiger partial charge on any atom is -0.494 e. The zero-order chi connectivity index (χ0) is 16.7. The van der Waals surface area contributed by atoms with Crippen LogP contribution < -0.4 is 10.3 Å². The van der Waals surface area contributed by atoms with Crippen molar-refractivity contribution in [2.24, 2.45) is 0 Å². The van der Waals surface area contributed by atoms with Gasteiger partial charge in [-0.05, 0) is 49.4 Å². The van der Waals surface area contributed by atoms with E-state index in [1.54, 1.807) is 30.3 Å². The fraction of sp³-hybridized carbons (Fsp3) is 0.111. The van der Waals surface area contributed by atoms with Gasteiger partial charge in [0.15, 0.2) is 0 Å². The monoisotopic (exact) mass is 323 g/mol. The van der Waals surface area contributed by atoms with Crippen molar-refractivity contribution in [3.05, 3.63) is 64.8 Å². The number of benzene rings is 2. The largest absolute Gasteiger partial charge is 0.494 e. The molecule has 0 aliphatic heterocycles. The van der Waals surface area contributed by atoms with Gasteiger partial charge < -0.3 is 4.74 Å². The van der Waals surface area contributed by atoms with Gasteiger partial charge in [0.05, 0.1) is 28.7 Å². The van der Waals surface area contributed by atoms with Crippen molar-refractivity contribution in [2.45, 2.75) is 6.92 Å². The van der Waals surface area contributed by atoms with Crippen molar-refractivity contribution >= 4 is 21.8 Å². The van der Waals surface area contributed by atoms with Gasteiger partial charge in [-0.3, -0.25) is 14.9 Å². The molecule has 24 heavy (non-hydrogen) atoms. The van der Waals surface area contributed by atoms with E-state index >= 15 is 0 Å². The number of H-pyrrole nitrogens is 1. The summed E-state index contributed by atoms with van der Waals surface area (Å²) in [5, 5.41) is 4.06. The summed E-state index contributed by atoms with van der Waals surface area (Å²) in [6, 6.07) is 11.5. The maximum Gasteiger partial charge on any atom is 0.280 e. The predicted molar refractivity (Wildman–Crippen MR) is 90.3 cm³/mol. The van der Waals surface area contributed by atoms with Crippen LogP contribution in [0.15, 0.2) is 53.5 Å². The summed E-state index contributed by atoms with van der Waals surface area (Å²) in [6.07, 6.45) is 1.51. The van der Waals surface area contributed by atoms with Crippen molar-refractivity contribution < 1.29 is 9.13 Å². The summed E-state index contributed by atoms with van der Waals surface area (Å²) < 4.78 is 20.4. The van der Waals surface area contributed by atoms with E-state index in [4.69, 9.17) is 4.74 Å². The molecule has 2 aromatic carbocycles. The van der Waals surface area contributed by atoms with Gasteiger partial charge in [-0.1, -0.05) is 0 Å². The smallest absolute Gasteiger partial charge is 0.280 e. The topological polar surface area (TPSA) is 59.9 Å². The molecule has 0 atom stereocenters. The molecule has 0 radical (unpaired) electrons. The number of nitrogens with zero attached hydrogens (tertiary/aromatic N) is 2. The van der Waals surface area contributed by atoms with Crippen LogP contribution in [-0.2, 0) is 0 Å². The van der Waals surface area contributed by atoms with Crippen molar-refractivity contribution in [2.75, 3.05) is 6.61 Å². The molecule has 0 aliphatic rings. The molecule has 0 saturated carbocycles. The molecule has 4 aromatic rings. The van der Waals surface area contributed by atoms with Crippen LogP contribution in [0.5, 0.6) is 5.75 Å². The Morgan fingerprint density at radius 3 is 2.71 bits per heavy atom. The van der Waals surface area contributed by atoms with E-state index in [9.17, 15) is 9.18 Å². The van der Waals surface area contributed by atoms with Crippen molar-refractivity contribution in [3.63, 3.8) is 0 Å². The minimum atomic E-state index is -0.369. The van der Waals surface area contributed by atoms with Crippen LogP contribution in [0.2, 0.25) is 0 Å². The van der Waals surface area contributed by atoms with E-state index in [2.05, 4.69) is 10.1 Å². The Morgan fingerprint density at radius 1 is 1.17 bits per heavy atom. The average molecular weight is 323 g/mol. The Bertz CT molecular complexity index is 1100. The molecular weight excluding hydrogens is 309 g/mol. The molecule has 0 spiro atoms. The summed E-state index contributed by atoms with van der Waals surface area (Å²) in [5.41, 5.74) is 1.64. The Labute approximate surface area is 136 Å². The number of fused-ring (bicyclic) bond motifs is 3. The second-order valence-corrected chi connectivity index (χ2v) is 5.39. The Balaban J connectivity index is 1.93. The van der Waals surface area contributed by atoms with E-state index in [0.29, 0.717) is 34.1 Å². The molecular formula is C18H14FN3O2. The van der Waals surface area contributed by atoms with Crippen LogP contribution in [-0.4, -0.2) is 21.4 Å². The summed E-state index contributed by atoms with van der Waals surface area (Å²) in [6.45, 7) is 2.49. The lowest BCUT2D eigenvalue weighted by molar-refractivity contribution is 0.340. The highest BCUT2D eigenvalue weighted by Gasteiger charge is 2.12. The number of nitrogens with one attached hydrogen (secondary N) is 1. The Kier molecular flexibility index (Phi) is 3.30. The third-order valence-corrected chi connectivity index (χ3v) is 3.89. The molecule has 2 aromatic heterocycles. The second-order valence-electron chi connectivity index (χ2n) is 5.39. The van der Waals surface area contributed by atoms with Gasteiger partial charge in [0.2, 0.25) is 0 Å². The molecule has 5 nitrogen and oxygen atoms in total. The molecule has 0 amide bonds. The standard InChI is InChI=1S/C18H14FN3O2/c1-2-24-13-6-4-12(5-7-13)22-18(23)15-10-20-16-8-3-11(19)9-14(16)17(15)21-22/h3-10,21H,2H2,1H3. The summed E-state index contributed by atoms with van der Waals surface area (Å²) in [7, 11) is 0. The van der Waals surface area contributed by atoms with Gasteiger partial charge in [-0.15, -0.1) is 0 Å². The second kappa shape index (κ2) is 5.49. The highest BCUT2D eigenvalue weighted by Crippen LogP contribution is 2.22. The zero-order valence-electron chi connectivity index (χ0n) is 12.9. The van der Waals surface area contributed by atoms with Gasteiger partial charge in [0.1, 0.15) is 11.6 Å². The lowest BCUT2D eigenvalue weighted by Crippen LogP contribution is -2.14. The molecule has 120 valence electrons. The van der Waals surface area contributed by atoms with Crippen LogP contribution >= 0.6 is 0 Å². The molecule has 6 heteroatoms. The molecule has 0 unspecified atom stereocenters. The molecule has 0 saturated heterocycles. The highest BCUT2D eigenvalue weighted by molar-refractivity contribution is 6.02. The number of hydrogen-bond acceptors (Lipinski definition) is 3. The van der Waals surface area contributed by atoms with Crippen molar-refractivity contribution in [3.8, 4) is 11.4 Å². The van der Waals surface area contributed by atoms with E-state index in [1.165, 1.54) is 23.0 Å². The zero-order valence-corrected chi connectivity index (χ0v) is 12.9. The molecule has 1 N–H and O–H groups in total. The fourth-order valence-corrected chi connectivity index (χ4v) is 2.77. The quantitative estimate of drug-likeness (QED) is 0.628. The lowest BCUT2D eigenvalue weighted by Gasteiger charge is -2.05. The minimum absolute atomic E-state index is 0.229. The van der Waals surface area contributed by atoms with Gasteiger partial charge in [0, 0.05) is 11.6 Å². The van der Waals surface area contributed by atoms with Crippen LogP contribution in [0.4, 0.5) is 4.39 Å². The Morgan fingerprint density at radius 2 is 1.96 bits per heavy atom. The maximum atomic E-state index is 13.6. The fourth-order valence-electron chi connectivity index (χ4n) is 2.77. The number of rotatable bonds is 3. The third kappa shape index (κ3) is 2.23. The number of hydrogen-bond donors (Lipinski definition) is 1. The SMILES string of the molecule is CCOc1ccc(-n2[nH]c3c(cnc4ccc(F)cc43)c2=O)cc1. The van der Waals surface area contributed by atoms with Gasteiger partial charge in [0.25, 0.3) is 5.56 Å². The van der Waals surface area contributed by atoms with E-state index < -0.39 is 0 Å². The number of halogens is 1. The van der Waals surface area contributed by atoms with Crippen LogP contribution in [0, 0.1) is 5.82 Å². The first kappa shape index (κ1) is 14.4. The predicted octanol–water partition coefficient (Wildman–Crippen LogP) is 3.40. The first-order valence-electron chi connectivity index (χ1n) is 7.59. The highest BCUT2D eigenvalue weighted by atomic mass is 19.1. The third-order valence-electron chi connectivity index (χ3n) is 3.89. The number of aromatic amines is 1. The van der Waals surface area contributed by atoms with Crippen LogP contribution in [0.3, 0.4) is 0 Å². The summed E-state index contributed by atoms with van der Waals surface area (Å²) in [4.78, 5) is 16.9. The first-order chi connectivity index (χ1) is 11.7. The molecule has 4 rings (SSSR count).